The van der Waals surface area contributed by atoms with Crippen LogP contribution in [0.2, 0.25) is 0 Å². The number of benzene rings is 1. The highest BCUT2D eigenvalue weighted by atomic mass is 16.2. The van der Waals surface area contributed by atoms with Crippen LogP contribution in [0.5, 0.6) is 0 Å². The minimum atomic E-state index is -0.401. The molecule has 1 fully saturated rings. The number of aromatic nitrogens is 1. The van der Waals surface area contributed by atoms with Crippen molar-refractivity contribution in [3.63, 3.8) is 0 Å². The van der Waals surface area contributed by atoms with Crippen LogP contribution in [0.4, 0.5) is 11.4 Å². The summed E-state index contributed by atoms with van der Waals surface area (Å²) in [4.78, 5) is 21.7. The lowest BCUT2D eigenvalue weighted by molar-refractivity contribution is -0.127. The molecule has 2 unspecified atom stereocenters. The van der Waals surface area contributed by atoms with Gasteiger partial charge in [0.05, 0.1) is 17.4 Å². The van der Waals surface area contributed by atoms with Gasteiger partial charge in [0.15, 0.2) is 0 Å². The van der Waals surface area contributed by atoms with Gasteiger partial charge in [0.1, 0.15) is 5.54 Å². The molecule has 0 bridgehead atoms. The molecule has 130 valence electrons. The summed E-state index contributed by atoms with van der Waals surface area (Å²) in [5.74, 6) is 0.823. The number of para-hydroxylation sites is 2. The van der Waals surface area contributed by atoms with Gasteiger partial charge in [-0.25, -0.2) is 0 Å². The van der Waals surface area contributed by atoms with E-state index in [0.717, 1.165) is 24.9 Å². The Balaban J connectivity index is 1.80. The molecular formula is C21H25N3O. The molecule has 4 nitrogen and oxygen atoms in total. The first-order valence-electron chi connectivity index (χ1n) is 9.11. The van der Waals surface area contributed by atoms with Crippen molar-refractivity contribution >= 4 is 17.3 Å². The molecule has 1 amide bonds. The number of hydrogen-bond acceptors (Lipinski definition) is 3. The van der Waals surface area contributed by atoms with Crippen LogP contribution in [0.1, 0.15) is 44.7 Å². The maximum Gasteiger partial charge on any atom is 0.252 e. The monoisotopic (exact) mass is 335 g/mol. The molecule has 2 aromatic rings. The Hall–Kier alpha value is -2.36. The highest BCUT2D eigenvalue weighted by Gasteiger charge is 2.60. The largest absolute Gasteiger partial charge is 0.348 e. The van der Waals surface area contributed by atoms with Gasteiger partial charge >= 0.3 is 0 Å². The van der Waals surface area contributed by atoms with Crippen molar-refractivity contribution in [1.29, 1.82) is 0 Å². The molecular weight excluding hydrogens is 310 g/mol. The van der Waals surface area contributed by atoms with Crippen LogP contribution in [-0.2, 0) is 4.79 Å². The summed E-state index contributed by atoms with van der Waals surface area (Å²) in [6.45, 7) is 4.45. The second-order valence-electron chi connectivity index (χ2n) is 7.69. The zero-order valence-electron chi connectivity index (χ0n) is 15.1. The molecule has 4 rings (SSSR count). The van der Waals surface area contributed by atoms with Gasteiger partial charge in [-0.2, -0.15) is 0 Å². The Morgan fingerprint density at radius 2 is 1.84 bits per heavy atom. The third kappa shape index (κ3) is 2.35. The highest BCUT2D eigenvalue weighted by Crippen LogP contribution is 2.57. The minimum Gasteiger partial charge on any atom is -0.348 e. The predicted octanol–water partition coefficient (Wildman–Crippen LogP) is 4.18. The van der Waals surface area contributed by atoms with E-state index in [9.17, 15) is 4.79 Å². The standard InChI is InChI=1S/C21H25N3O/c1-15(2)8-11-21-14-19(16-9-12-22-13-10-16)24(21)18-7-5-4-6-17(18)23(3)20(21)25/h4-7,9-10,12-13,15,19H,8,11,14H2,1-3H3. The van der Waals surface area contributed by atoms with Crippen molar-refractivity contribution in [2.24, 2.45) is 5.92 Å². The van der Waals surface area contributed by atoms with Crippen molar-refractivity contribution in [1.82, 2.24) is 4.98 Å². The van der Waals surface area contributed by atoms with Gasteiger partial charge in [0.2, 0.25) is 0 Å². The van der Waals surface area contributed by atoms with E-state index in [-0.39, 0.29) is 11.9 Å². The van der Waals surface area contributed by atoms with E-state index in [1.807, 2.05) is 36.5 Å². The summed E-state index contributed by atoms with van der Waals surface area (Å²) in [5.41, 5.74) is 3.01. The van der Waals surface area contributed by atoms with E-state index in [1.165, 1.54) is 11.3 Å². The topological polar surface area (TPSA) is 36.4 Å². The molecule has 2 atom stereocenters. The summed E-state index contributed by atoms with van der Waals surface area (Å²) >= 11 is 0. The number of amides is 1. The maximum atomic E-state index is 13.3. The Kier molecular flexibility index (Phi) is 3.78. The first-order valence-corrected chi connectivity index (χ1v) is 9.11. The van der Waals surface area contributed by atoms with Crippen LogP contribution in [-0.4, -0.2) is 23.5 Å². The molecule has 0 radical (unpaired) electrons. The SMILES string of the molecule is CC(C)CCC12CC(c3ccncc3)N1c1ccccc1N(C)C2=O. The Morgan fingerprint density at radius 1 is 1.16 bits per heavy atom. The Morgan fingerprint density at radius 3 is 2.52 bits per heavy atom. The molecule has 0 saturated carbocycles. The molecule has 1 aromatic heterocycles. The molecule has 1 aromatic carbocycles. The molecule has 0 spiro atoms. The number of likely N-dealkylation sites (N-methyl/N-ethyl adjacent to an activating group) is 1. The summed E-state index contributed by atoms with van der Waals surface area (Å²) in [6, 6.07) is 12.7. The van der Waals surface area contributed by atoms with Crippen molar-refractivity contribution in [2.45, 2.75) is 44.7 Å². The number of hydrogen-bond donors (Lipinski definition) is 0. The number of carbonyl (C=O) groups is 1. The number of nitrogens with zero attached hydrogens (tertiary/aromatic N) is 3. The lowest BCUT2D eigenvalue weighted by atomic mass is 9.69. The Labute approximate surface area is 149 Å². The molecule has 2 aliphatic rings. The van der Waals surface area contributed by atoms with Gasteiger partial charge in [0, 0.05) is 25.9 Å². The van der Waals surface area contributed by atoms with Gasteiger partial charge in [-0.1, -0.05) is 26.0 Å². The van der Waals surface area contributed by atoms with Crippen molar-refractivity contribution in [3.8, 4) is 0 Å². The number of carbonyl (C=O) groups excluding carboxylic acids is 1. The average Bonchev–Trinajstić information content (AvgIpc) is 2.60. The molecule has 3 heterocycles. The molecule has 4 heteroatoms. The average molecular weight is 335 g/mol. The van der Waals surface area contributed by atoms with Crippen molar-refractivity contribution in [3.05, 3.63) is 54.4 Å². The molecule has 25 heavy (non-hydrogen) atoms. The van der Waals surface area contributed by atoms with Crippen LogP contribution >= 0.6 is 0 Å². The summed E-state index contributed by atoms with van der Waals surface area (Å²) in [5, 5.41) is 0. The van der Waals surface area contributed by atoms with E-state index < -0.39 is 5.54 Å². The van der Waals surface area contributed by atoms with E-state index >= 15 is 0 Å². The fourth-order valence-electron chi connectivity index (χ4n) is 4.37. The highest BCUT2D eigenvalue weighted by molar-refractivity contribution is 6.09. The third-order valence-corrected chi connectivity index (χ3v) is 5.74. The first kappa shape index (κ1) is 16.1. The van der Waals surface area contributed by atoms with Gasteiger partial charge in [-0.15, -0.1) is 0 Å². The number of anilines is 2. The van der Waals surface area contributed by atoms with Gasteiger partial charge < -0.3 is 9.80 Å². The van der Waals surface area contributed by atoms with Crippen molar-refractivity contribution in [2.75, 3.05) is 16.8 Å². The van der Waals surface area contributed by atoms with Gasteiger partial charge in [0.25, 0.3) is 5.91 Å². The Bertz CT molecular complexity index is 789. The van der Waals surface area contributed by atoms with Crippen LogP contribution in [0, 0.1) is 5.92 Å². The number of pyridine rings is 1. The zero-order valence-corrected chi connectivity index (χ0v) is 15.1. The van der Waals surface area contributed by atoms with Crippen LogP contribution in [0.15, 0.2) is 48.8 Å². The quantitative estimate of drug-likeness (QED) is 0.841. The zero-order chi connectivity index (χ0) is 17.6. The number of rotatable bonds is 4. The lowest BCUT2D eigenvalue weighted by Gasteiger charge is -2.62. The van der Waals surface area contributed by atoms with Gasteiger partial charge in [-0.05, 0) is 48.6 Å². The van der Waals surface area contributed by atoms with E-state index in [4.69, 9.17) is 0 Å². The summed E-state index contributed by atoms with van der Waals surface area (Å²) in [7, 11) is 1.91. The summed E-state index contributed by atoms with van der Waals surface area (Å²) in [6.07, 6.45) is 6.52. The van der Waals surface area contributed by atoms with Crippen molar-refractivity contribution < 1.29 is 4.79 Å². The third-order valence-electron chi connectivity index (χ3n) is 5.74. The second-order valence-corrected chi connectivity index (χ2v) is 7.69. The maximum absolute atomic E-state index is 13.3. The van der Waals surface area contributed by atoms with Crippen LogP contribution in [0.3, 0.4) is 0 Å². The minimum absolute atomic E-state index is 0.233. The molecule has 0 aliphatic carbocycles. The van der Waals surface area contributed by atoms with E-state index in [2.05, 4.69) is 48.0 Å². The fourth-order valence-corrected chi connectivity index (χ4v) is 4.37. The normalized spacial score (nSPS) is 24.8. The van der Waals surface area contributed by atoms with E-state index in [0.29, 0.717) is 5.92 Å². The van der Waals surface area contributed by atoms with Crippen LogP contribution < -0.4 is 9.80 Å². The first-order chi connectivity index (χ1) is 12.0. The smallest absolute Gasteiger partial charge is 0.252 e. The molecule has 2 aliphatic heterocycles. The summed E-state index contributed by atoms with van der Waals surface area (Å²) < 4.78 is 0. The second kappa shape index (κ2) is 5.87. The fraction of sp³-hybridized carbons (Fsp3) is 0.429. The molecule has 0 N–H and O–H groups in total. The predicted molar refractivity (Wildman–Crippen MR) is 101 cm³/mol. The lowest BCUT2D eigenvalue weighted by Crippen LogP contribution is -2.71. The molecule has 1 saturated heterocycles. The van der Waals surface area contributed by atoms with E-state index in [1.54, 1.807) is 0 Å². The number of fused-ring (bicyclic) bond motifs is 3. The van der Waals surface area contributed by atoms with Gasteiger partial charge in [-0.3, -0.25) is 9.78 Å². The van der Waals surface area contributed by atoms with Crippen LogP contribution in [0.25, 0.3) is 0 Å².